The van der Waals surface area contributed by atoms with E-state index in [1.165, 1.54) is 31.4 Å². The van der Waals surface area contributed by atoms with E-state index in [4.69, 9.17) is 4.74 Å². The lowest BCUT2D eigenvalue weighted by molar-refractivity contribution is -0.274. The van der Waals surface area contributed by atoms with Crippen molar-refractivity contribution >= 4 is 22.4 Å². The third-order valence-corrected chi connectivity index (χ3v) is 4.28. The number of benzene rings is 2. The Morgan fingerprint density at radius 3 is 2.46 bits per heavy atom. The second-order valence-corrected chi connectivity index (χ2v) is 6.27. The van der Waals surface area contributed by atoms with Crippen molar-refractivity contribution in [3.05, 3.63) is 59.2 Å². The molecule has 0 unspecified atom stereocenters. The molecule has 0 aliphatic heterocycles. The third-order valence-electron chi connectivity index (χ3n) is 3.52. The predicted octanol–water partition coefficient (Wildman–Crippen LogP) is 5.11. The summed E-state index contributed by atoms with van der Waals surface area (Å²) in [6.45, 7) is 0. The molecule has 0 saturated heterocycles. The van der Waals surface area contributed by atoms with E-state index in [-0.39, 0.29) is 16.4 Å². The van der Waals surface area contributed by atoms with Crippen LogP contribution in [0.2, 0.25) is 0 Å². The Bertz CT molecular complexity index is 987. The highest BCUT2D eigenvalue weighted by atomic mass is 32.1. The van der Waals surface area contributed by atoms with E-state index in [0.29, 0.717) is 11.3 Å². The molecule has 0 aliphatic rings. The van der Waals surface area contributed by atoms with Gasteiger partial charge >= 0.3 is 6.36 Å². The monoisotopic (exact) mass is 412 g/mol. The Hall–Kier alpha value is -3.14. The van der Waals surface area contributed by atoms with Crippen LogP contribution in [0.3, 0.4) is 0 Å². The molecule has 0 saturated carbocycles. The van der Waals surface area contributed by atoms with Crippen LogP contribution in [-0.2, 0) is 0 Å². The Morgan fingerprint density at radius 2 is 1.86 bits per heavy atom. The van der Waals surface area contributed by atoms with Gasteiger partial charge in [0.1, 0.15) is 5.75 Å². The van der Waals surface area contributed by atoms with Crippen LogP contribution < -0.4 is 14.8 Å². The molecule has 1 heterocycles. The molecule has 0 spiro atoms. The van der Waals surface area contributed by atoms with E-state index >= 15 is 0 Å². The van der Waals surface area contributed by atoms with Gasteiger partial charge in [-0.3, -0.25) is 10.1 Å². The van der Waals surface area contributed by atoms with Crippen molar-refractivity contribution in [3.8, 4) is 22.8 Å². The quantitative estimate of drug-likeness (QED) is 0.592. The molecule has 3 rings (SSSR count). The largest absolute Gasteiger partial charge is 0.573 e. The molecular weight excluding hydrogens is 400 g/mol. The number of thiazole rings is 1. The van der Waals surface area contributed by atoms with E-state index in [9.17, 15) is 22.4 Å². The zero-order chi connectivity index (χ0) is 20.3. The number of carbonyl (C=O) groups is 1. The Labute approximate surface area is 160 Å². The van der Waals surface area contributed by atoms with E-state index in [2.05, 4.69) is 15.0 Å². The highest BCUT2D eigenvalue weighted by molar-refractivity contribution is 7.14. The minimum absolute atomic E-state index is 0.102. The van der Waals surface area contributed by atoms with Crippen LogP contribution in [0.1, 0.15) is 10.4 Å². The number of aromatic nitrogens is 1. The van der Waals surface area contributed by atoms with Gasteiger partial charge in [0.2, 0.25) is 0 Å². The molecule has 10 heteroatoms. The van der Waals surface area contributed by atoms with E-state index in [1.807, 2.05) is 0 Å². The first-order valence-electron chi connectivity index (χ1n) is 7.72. The van der Waals surface area contributed by atoms with Crippen molar-refractivity contribution in [1.82, 2.24) is 4.98 Å². The molecule has 5 nitrogen and oxygen atoms in total. The molecule has 28 heavy (non-hydrogen) atoms. The van der Waals surface area contributed by atoms with Crippen molar-refractivity contribution in [3.63, 3.8) is 0 Å². The summed E-state index contributed by atoms with van der Waals surface area (Å²) in [5.41, 5.74) is 1.08. The van der Waals surface area contributed by atoms with Gasteiger partial charge in [0.15, 0.2) is 16.7 Å². The summed E-state index contributed by atoms with van der Waals surface area (Å²) in [5.74, 6) is -1.42. The number of anilines is 1. The zero-order valence-corrected chi connectivity index (χ0v) is 15.0. The van der Waals surface area contributed by atoms with Crippen molar-refractivity contribution in [2.75, 3.05) is 12.4 Å². The Balaban J connectivity index is 1.69. The summed E-state index contributed by atoms with van der Waals surface area (Å²) in [6, 6.07) is 8.83. The number of halogens is 4. The van der Waals surface area contributed by atoms with Crippen LogP contribution >= 0.6 is 11.3 Å². The second kappa shape index (κ2) is 7.85. The summed E-state index contributed by atoms with van der Waals surface area (Å²) in [6.07, 6.45) is -4.80. The summed E-state index contributed by atoms with van der Waals surface area (Å²) < 4.78 is 58.9. The van der Waals surface area contributed by atoms with Crippen LogP contribution in [0.4, 0.5) is 22.7 Å². The van der Waals surface area contributed by atoms with Gasteiger partial charge in [0.05, 0.1) is 12.8 Å². The number of amides is 1. The zero-order valence-electron chi connectivity index (χ0n) is 14.2. The maximum atomic E-state index is 13.8. The maximum absolute atomic E-state index is 13.8. The van der Waals surface area contributed by atoms with Gasteiger partial charge < -0.3 is 9.47 Å². The van der Waals surface area contributed by atoms with Crippen molar-refractivity contribution in [2.24, 2.45) is 0 Å². The molecule has 0 fully saturated rings. The first kappa shape index (κ1) is 19.6. The summed E-state index contributed by atoms with van der Waals surface area (Å²) in [7, 11) is 1.36. The van der Waals surface area contributed by atoms with Gasteiger partial charge in [-0.2, -0.15) is 0 Å². The smallest absolute Gasteiger partial charge is 0.494 e. The molecule has 0 bridgehead atoms. The first-order chi connectivity index (χ1) is 13.2. The molecule has 1 amide bonds. The van der Waals surface area contributed by atoms with Crippen molar-refractivity contribution in [2.45, 2.75) is 6.36 Å². The lowest BCUT2D eigenvalue weighted by atomic mass is 10.1. The number of methoxy groups -OCH3 is 1. The topological polar surface area (TPSA) is 60.5 Å². The Morgan fingerprint density at radius 1 is 1.14 bits per heavy atom. The average molecular weight is 412 g/mol. The molecule has 146 valence electrons. The predicted molar refractivity (Wildman–Crippen MR) is 95.1 cm³/mol. The fourth-order valence-electron chi connectivity index (χ4n) is 2.27. The molecule has 1 aromatic heterocycles. The van der Waals surface area contributed by atoms with Gasteiger partial charge in [-0.05, 0) is 42.5 Å². The summed E-state index contributed by atoms with van der Waals surface area (Å²) in [4.78, 5) is 16.4. The number of hydrogen-bond donors (Lipinski definition) is 1. The standard InChI is InChI=1S/C18H12F4N2O3S/c1-26-15-7-4-11(8-13(15)19)14-9-28-17(23-14)24-16(25)10-2-5-12(6-3-10)27-18(20,21)22/h2-9H,1H3,(H,23,24,25). The fraction of sp³-hybridized carbons (Fsp3) is 0.111. The minimum atomic E-state index is -4.80. The van der Waals surface area contributed by atoms with Crippen LogP contribution in [0.25, 0.3) is 11.3 Å². The lowest BCUT2D eigenvalue weighted by Gasteiger charge is -2.09. The number of ether oxygens (including phenoxy) is 2. The van der Waals surface area contributed by atoms with Crippen molar-refractivity contribution in [1.29, 1.82) is 0 Å². The molecule has 0 aliphatic carbocycles. The van der Waals surface area contributed by atoms with Crippen LogP contribution in [-0.4, -0.2) is 24.4 Å². The number of hydrogen-bond acceptors (Lipinski definition) is 5. The summed E-state index contributed by atoms with van der Waals surface area (Å²) >= 11 is 1.12. The SMILES string of the molecule is COc1ccc(-c2csc(NC(=O)c3ccc(OC(F)(F)F)cc3)n2)cc1F. The van der Waals surface area contributed by atoms with E-state index in [0.717, 1.165) is 23.5 Å². The molecule has 0 radical (unpaired) electrons. The van der Waals surface area contributed by atoms with Gasteiger partial charge in [-0.15, -0.1) is 24.5 Å². The number of nitrogens with one attached hydrogen (secondary N) is 1. The highest BCUT2D eigenvalue weighted by Gasteiger charge is 2.31. The molecule has 3 aromatic rings. The van der Waals surface area contributed by atoms with E-state index in [1.54, 1.807) is 11.4 Å². The second-order valence-electron chi connectivity index (χ2n) is 5.41. The van der Waals surface area contributed by atoms with Gasteiger partial charge in [-0.1, -0.05) is 0 Å². The fourth-order valence-corrected chi connectivity index (χ4v) is 2.98. The summed E-state index contributed by atoms with van der Waals surface area (Å²) in [5, 5.41) is 4.43. The third kappa shape index (κ3) is 4.77. The number of nitrogens with zero attached hydrogens (tertiary/aromatic N) is 1. The molecular formula is C18H12F4N2O3S. The van der Waals surface area contributed by atoms with Crippen molar-refractivity contribution < 1.29 is 31.8 Å². The van der Waals surface area contributed by atoms with Gasteiger partial charge in [0.25, 0.3) is 5.91 Å². The lowest BCUT2D eigenvalue weighted by Crippen LogP contribution is -2.17. The van der Waals surface area contributed by atoms with Gasteiger partial charge in [0, 0.05) is 16.5 Å². The normalized spacial score (nSPS) is 11.2. The van der Waals surface area contributed by atoms with Gasteiger partial charge in [-0.25, -0.2) is 9.37 Å². The highest BCUT2D eigenvalue weighted by Crippen LogP contribution is 2.29. The number of alkyl halides is 3. The van der Waals surface area contributed by atoms with Crippen LogP contribution in [0.5, 0.6) is 11.5 Å². The molecule has 2 aromatic carbocycles. The molecule has 0 atom stereocenters. The molecule has 1 N–H and O–H groups in total. The Kier molecular flexibility index (Phi) is 5.50. The van der Waals surface area contributed by atoms with E-state index < -0.39 is 23.8 Å². The number of rotatable bonds is 5. The number of carbonyl (C=O) groups excluding carboxylic acids is 1. The maximum Gasteiger partial charge on any atom is 0.573 e. The average Bonchev–Trinajstić information content (AvgIpc) is 3.09. The van der Waals surface area contributed by atoms with Crippen LogP contribution in [0, 0.1) is 5.82 Å². The first-order valence-corrected chi connectivity index (χ1v) is 8.60. The van der Waals surface area contributed by atoms with Crippen LogP contribution in [0.15, 0.2) is 47.8 Å². The minimum Gasteiger partial charge on any atom is -0.494 e.